The fourth-order valence-corrected chi connectivity index (χ4v) is 3.88. The molecule has 1 unspecified atom stereocenters. The minimum Gasteiger partial charge on any atom is -0.495 e. The van der Waals surface area contributed by atoms with Crippen LogP contribution in [0.2, 0.25) is 0 Å². The van der Waals surface area contributed by atoms with E-state index in [1.54, 1.807) is 0 Å². The van der Waals surface area contributed by atoms with Crippen molar-refractivity contribution in [1.29, 1.82) is 0 Å². The lowest BCUT2D eigenvalue weighted by molar-refractivity contribution is -0.137. The normalized spacial score (nSPS) is 12.2. The highest BCUT2D eigenvalue weighted by Gasteiger charge is 2.30. The third kappa shape index (κ3) is 7.54. The number of aryl methyl sites for hydroxylation is 1. The zero-order valence-electron chi connectivity index (χ0n) is 21.0. The van der Waals surface area contributed by atoms with E-state index in [9.17, 15) is 13.2 Å². The summed E-state index contributed by atoms with van der Waals surface area (Å²) in [4.78, 5) is 0. The Morgan fingerprint density at radius 1 is 0.944 bits per heavy atom. The predicted molar refractivity (Wildman–Crippen MR) is 137 cm³/mol. The number of halogens is 3. The van der Waals surface area contributed by atoms with Crippen LogP contribution in [0.5, 0.6) is 11.5 Å². The van der Waals surface area contributed by atoms with Gasteiger partial charge < -0.3 is 14.2 Å². The number of benzene rings is 3. The summed E-state index contributed by atoms with van der Waals surface area (Å²) in [5, 5.41) is 0. The van der Waals surface area contributed by atoms with Crippen LogP contribution in [-0.4, -0.2) is 13.2 Å². The van der Waals surface area contributed by atoms with Crippen LogP contribution in [0.1, 0.15) is 55.9 Å². The van der Waals surface area contributed by atoms with Gasteiger partial charge in [0.1, 0.15) is 30.0 Å². The van der Waals surface area contributed by atoms with E-state index in [4.69, 9.17) is 14.2 Å². The maximum Gasteiger partial charge on any atom is 0.416 e. The van der Waals surface area contributed by atoms with Gasteiger partial charge in [-0.25, -0.2) is 0 Å². The predicted octanol–water partition coefficient (Wildman–Crippen LogP) is 8.92. The highest BCUT2D eigenvalue weighted by molar-refractivity contribution is 5.64. The number of hydrogen-bond donors (Lipinski definition) is 0. The second-order valence-corrected chi connectivity index (χ2v) is 8.64. The summed E-state index contributed by atoms with van der Waals surface area (Å²) in [5.41, 5.74) is 2.83. The SMILES string of the molecule is C=C(COc1ccc(OC(CCCC)c2cccc(-c3ccc(C(F)(F)F)cc3)c2)cc1C)OCC. The molecule has 3 nitrogen and oxygen atoms in total. The fourth-order valence-electron chi connectivity index (χ4n) is 3.88. The summed E-state index contributed by atoms with van der Waals surface area (Å²) in [5.74, 6) is 2.03. The molecule has 0 saturated heterocycles. The number of hydrogen-bond acceptors (Lipinski definition) is 3. The third-order valence-electron chi connectivity index (χ3n) is 5.79. The lowest BCUT2D eigenvalue weighted by Crippen LogP contribution is -2.09. The van der Waals surface area contributed by atoms with Gasteiger partial charge in [-0.05, 0) is 85.3 Å². The monoisotopic (exact) mass is 498 g/mol. The quantitative estimate of drug-likeness (QED) is 0.233. The number of ether oxygens (including phenoxy) is 3. The van der Waals surface area contributed by atoms with Crippen molar-refractivity contribution >= 4 is 0 Å². The Hall–Kier alpha value is -3.41. The molecule has 3 rings (SSSR count). The van der Waals surface area contributed by atoms with Gasteiger partial charge >= 0.3 is 6.18 Å². The summed E-state index contributed by atoms with van der Waals surface area (Å²) in [7, 11) is 0. The maximum absolute atomic E-state index is 12.9. The van der Waals surface area contributed by atoms with Crippen LogP contribution in [0.4, 0.5) is 13.2 Å². The molecule has 3 aromatic carbocycles. The van der Waals surface area contributed by atoms with E-state index in [0.29, 0.717) is 12.4 Å². The standard InChI is InChI=1S/C30H33F3O3/c1-5-7-11-29(36-27-16-17-28(21(3)18-27)35-20-22(4)34-6-2)25-10-8-9-24(19-25)23-12-14-26(15-13-23)30(31,32)33/h8-10,12-19,29H,4-7,11,20H2,1-3H3. The molecule has 3 aromatic rings. The molecule has 0 spiro atoms. The summed E-state index contributed by atoms with van der Waals surface area (Å²) >= 11 is 0. The number of alkyl halides is 3. The van der Waals surface area contributed by atoms with Gasteiger partial charge in [0.15, 0.2) is 0 Å². The highest BCUT2D eigenvalue weighted by Crippen LogP contribution is 2.34. The zero-order chi connectivity index (χ0) is 26.1. The Balaban J connectivity index is 1.78. The van der Waals surface area contributed by atoms with E-state index in [2.05, 4.69) is 13.5 Å². The van der Waals surface area contributed by atoms with Crippen molar-refractivity contribution < 1.29 is 27.4 Å². The van der Waals surface area contributed by atoms with E-state index in [1.165, 1.54) is 12.1 Å². The Labute approximate surface area is 211 Å². The van der Waals surface area contributed by atoms with Crippen molar-refractivity contribution in [2.75, 3.05) is 13.2 Å². The molecule has 0 amide bonds. The molecule has 0 aliphatic carbocycles. The minimum atomic E-state index is -4.35. The molecule has 0 N–H and O–H groups in total. The average molecular weight is 499 g/mol. The summed E-state index contributed by atoms with van der Waals surface area (Å²) in [6, 6.07) is 18.7. The first-order valence-corrected chi connectivity index (χ1v) is 12.2. The van der Waals surface area contributed by atoms with Gasteiger partial charge in [-0.15, -0.1) is 0 Å². The zero-order valence-corrected chi connectivity index (χ0v) is 21.0. The topological polar surface area (TPSA) is 27.7 Å². The van der Waals surface area contributed by atoms with Gasteiger partial charge in [0.2, 0.25) is 0 Å². The Morgan fingerprint density at radius 3 is 2.33 bits per heavy atom. The van der Waals surface area contributed by atoms with Crippen LogP contribution in [0.15, 0.2) is 79.1 Å². The van der Waals surface area contributed by atoms with E-state index in [0.717, 1.165) is 65.1 Å². The van der Waals surface area contributed by atoms with Gasteiger partial charge in [-0.1, -0.05) is 50.3 Å². The molecule has 0 fully saturated rings. The first-order valence-electron chi connectivity index (χ1n) is 12.2. The lowest BCUT2D eigenvalue weighted by atomic mass is 9.97. The molecule has 0 aliphatic rings. The molecule has 0 radical (unpaired) electrons. The van der Waals surface area contributed by atoms with E-state index in [-0.39, 0.29) is 12.7 Å². The summed E-state index contributed by atoms with van der Waals surface area (Å²) in [6.45, 7) is 10.6. The van der Waals surface area contributed by atoms with Gasteiger partial charge in [0.05, 0.1) is 12.2 Å². The van der Waals surface area contributed by atoms with Crippen LogP contribution in [-0.2, 0) is 10.9 Å². The first kappa shape index (κ1) is 27.2. The summed E-state index contributed by atoms with van der Waals surface area (Å²) in [6.07, 6.45) is -1.72. The molecule has 36 heavy (non-hydrogen) atoms. The molecule has 0 aromatic heterocycles. The molecule has 0 saturated carbocycles. The smallest absolute Gasteiger partial charge is 0.416 e. The Kier molecular flexibility index (Phi) is 9.45. The maximum atomic E-state index is 12.9. The highest BCUT2D eigenvalue weighted by atomic mass is 19.4. The van der Waals surface area contributed by atoms with E-state index < -0.39 is 11.7 Å². The fraction of sp³-hybridized carbons (Fsp3) is 0.333. The molecule has 0 bridgehead atoms. The van der Waals surface area contributed by atoms with Crippen LogP contribution >= 0.6 is 0 Å². The van der Waals surface area contributed by atoms with E-state index >= 15 is 0 Å². The average Bonchev–Trinajstić information content (AvgIpc) is 2.86. The third-order valence-corrected chi connectivity index (χ3v) is 5.79. The number of unbranched alkanes of at least 4 members (excludes halogenated alkanes) is 1. The van der Waals surface area contributed by atoms with Crippen LogP contribution in [0, 0.1) is 6.92 Å². The Bertz CT molecular complexity index is 1140. The minimum absolute atomic E-state index is 0.191. The van der Waals surface area contributed by atoms with Crippen LogP contribution < -0.4 is 9.47 Å². The van der Waals surface area contributed by atoms with Crippen molar-refractivity contribution in [1.82, 2.24) is 0 Å². The van der Waals surface area contributed by atoms with Gasteiger partial charge in [0, 0.05) is 0 Å². The molecule has 192 valence electrons. The van der Waals surface area contributed by atoms with E-state index in [1.807, 2.05) is 56.3 Å². The van der Waals surface area contributed by atoms with Crippen molar-refractivity contribution in [3.05, 3.63) is 95.8 Å². The van der Waals surface area contributed by atoms with Gasteiger partial charge in [-0.2, -0.15) is 13.2 Å². The molecular formula is C30H33F3O3. The van der Waals surface area contributed by atoms with Gasteiger partial charge in [-0.3, -0.25) is 0 Å². The van der Waals surface area contributed by atoms with Gasteiger partial charge in [0.25, 0.3) is 0 Å². The lowest BCUT2D eigenvalue weighted by Gasteiger charge is -2.21. The second-order valence-electron chi connectivity index (χ2n) is 8.64. The molecule has 0 aliphatic heterocycles. The van der Waals surface area contributed by atoms with Crippen LogP contribution in [0.3, 0.4) is 0 Å². The molecule has 1 atom stereocenters. The first-order chi connectivity index (χ1) is 17.2. The van der Waals surface area contributed by atoms with Crippen molar-refractivity contribution in [2.24, 2.45) is 0 Å². The number of rotatable bonds is 12. The van der Waals surface area contributed by atoms with Crippen molar-refractivity contribution in [3.63, 3.8) is 0 Å². The van der Waals surface area contributed by atoms with Crippen molar-refractivity contribution in [3.8, 4) is 22.6 Å². The molecular weight excluding hydrogens is 465 g/mol. The molecule has 0 heterocycles. The summed E-state index contributed by atoms with van der Waals surface area (Å²) < 4.78 is 56.4. The molecule has 6 heteroatoms. The largest absolute Gasteiger partial charge is 0.495 e. The van der Waals surface area contributed by atoms with Crippen molar-refractivity contribution in [2.45, 2.75) is 52.3 Å². The Morgan fingerprint density at radius 2 is 1.69 bits per heavy atom. The second kappa shape index (κ2) is 12.5. The van der Waals surface area contributed by atoms with Crippen LogP contribution in [0.25, 0.3) is 11.1 Å².